The van der Waals surface area contributed by atoms with E-state index in [9.17, 15) is 20.1 Å². The third-order valence-electron chi connectivity index (χ3n) is 7.49. The van der Waals surface area contributed by atoms with Crippen molar-refractivity contribution in [2.24, 2.45) is 0 Å². The molecule has 0 bridgehead atoms. The van der Waals surface area contributed by atoms with Gasteiger partial charge in [-0.25, -0.2) is 0 Å². The summed E-state index contributed by atoms with van der Waals surface area (Å²) in [4.78, 5) is 14.3. The molecule has 0 spiro atoms. The first kappa shape index (κ1) is 28.4. The molecule has 2 atom stereocenters. The second kappa shape index (κ2) is 11.8. The van der Waals surface area contributed by atoms with Gasteiger partial charge in [0.05, 0.1) is 13.2 Å². The first-order valence-electron chi connectivity index (χ1n) is 13.6. The first-order chi connectivity index (χ1) is 19.2. The summed E-state index contributed by atoms with van der Waals surface area (Å²) >= 11 is 6.53. The van der Waals surface area contributed by atoms with Gasteiger partial charge in [0.2, 0.25) is 0 Å². The van der Waals surface area contributed by atoms with Crippen LogP contribution < -0.4 is 9.47 Å². The topological polar surface area (TPSA) is 109 Å². The molecule has 0 aromatic heterocycles. The van der Waals surface area contributed by atoms with Gasteiger partial charge in [0, 0.05) is 30.1 Å². The Morgan fingerprint density at radius 3 is 2.58 bits per heavy atom. The third kappa shape index (κ3) is 6.11. The minimum Gasteiger partial charge on any atom is -0.494 e. The Hall–Kier alpha value is -3.14. The molecular weight excluding hydrogens is 534 g/mol. The van der Waals surface area contributed by atoms with Gasteiger partial charge in [0.15, 0.2) is 0 Å². The molecule has 5 rings (SSSR count). The number of nitrogens with zero attached hydrogens (tertiary/aromatic N) is 1. The summed E-state index contributed by atoms with van der Waals surface area (Å²) in [6.07, 6.45) is 1.99. The lowest BCUT2D eigenvalue weighted by molar-refractivity contribution is -0.450. The SMILES string of the molecule is CCOc1ccc(Cc2cc(C3CCOC(O)(C(O)(O)Oc4cccc(C(=O)N5CCC5)c4)C3)ccc2Cl)cc1. The van der Waals surface area contributed by atoms with Gasteiger partial charge in [-0.2, -0.15) is 0 Å². The van der Waals surface area contributed by atoms with E-state index in [0.29, 0.717) is 43.1 Å². The van der Waals surface area contributed by atoms with Crippen LogP contribution in [0.1, 0.15) is 59.2 Å². The zero-order valence-electron chi connectivity index (χ0n) is 22.4. The van der Waals surface area contributed by atoms with Crippen LogP contribution in [0.2, 0.25) is 5.02 Å². The van der Waals surface area contributed by atoms with Crippen LogP contribution in [0.15, 0.2) is 66.7 Å². The lowest BCUT2D eigenvalue weighted by Gasteiger charge is -2.43. The summed E-state index contributed by atoms with van der Waals surface area (Å²) in [6, 6.07) is 19.7. The maximum atomic E-state index is 12.6. The molecule has 2 fully saturated rings. The quantitative estimate of drug-likeness (QED) is 0.327. The van der Waals surface area contributed by atoms with E-state index in [1.54, 1.807) is 17.0 Å². The van der Waals surface area contributed by atoms with Gasteiger partial charge in [0.1, 0.15) is 11.5 Å². The van der Waals surface area contributed by atoms with Crippen molar-refractivity contribution in [2.75, 3.05) is 26.3 Å². The predicted octanol–water partition coefficient (Wildman–Crippen LogP) is 4.48. The molecule has 0 saturated carbocycles. The average molecular weight is 568 g/mol. The maximum Gasteiger partial charge on any atom is 0.379 e. The number of aliphatic hydroxyl groups is 3. The molecule has 3 N–H and O–H groups in total. The van der Waals surface area contributed by atoms with E-state index >= 15 is 0 Å². The summed E-state index contributed by atoms with van der Waals surface area (Å²) in [5.74, 6) is -5.06. The van der Waals surface area contributed by atoms with E-state index in [2.05, 4.69) is 0 Å². The van der Waals surface area contributed by atoms with Crippen LogP contribution in [-0.4, -0.2) is 64.2 Å². The number of rotatable bonds is 9. The van der Waals surface area contributed by atoms with Crippen LogP contribution >= 0.6 is 11.6 Å². The number of benzene rings is 3. The van der Waals surface area contributed by atoms with Crippen molar-refractivity contribution in [3.63, 3.8) is 0 Å². The van der Waals surface area contributed by atoms with Crippen molar-refractivity contribution in [3.05, 3.63) is 94.0 Å². The van der Waals surface area contributed by atoms with Gasteiger partial charge in [-0.1, -0.05) is 41.9 Å². The maximum absolute atomic E-state index is 12.6. The largest absolute Gasteiger partial charge is 0.494 e. The summed E-state index contributed by atoms with van der Waals surface area (Å²) < 4.78 is 16.4. The van der Waals surface area contributed by atoms with Crippen LogP contribution in [0.5, 0.6) is 11.5 Å². The molecule has 9 heteroatoms. The molecule has 8 nitrogen and oxygen atoms in total. The highest BCUT2D eigenvalue weighted by atomic mass is 35.5. The molecular formula is C31H34ClNO7. The van der Waals surface area contributed by atoms with Crippen molar-refractivity contribution in [2.45, 2.75) is 50.3 Å². The Balaban J connectivity index is 1.30. The average Bonchev–Trinajstić information content (AvgIpc) is 2.90. The fraction of sp³-hybridized carbons (Fsp3) is 0.387. The summed E-state index contributed by atoms with van der Waals surface area (Å²) in [5, 5.41) is 33.7. The standard InChI is InChI=1S/C31H34ClNO7/c1-2-38-26-10-7-21(8-11-26)17-25-18-22(9-12-28(25)32)24-13-16-39-30(35,20-24)31(36,37)40-27-6-3-5-23(19-27)29(34)33-14-4-15-33/h3,5-12,18-19,24,35-37H,2,4,13-17,20H2,1H3. The number of ether oxygens (including phenoxy) is 3. The molecule has 0 aliphatic carbocycles. The molecule has 2 unspecified atom stereocenters. The number of carbonyl (C=O) groups is 1. The fourth-order valence-electron chi connectivity index (χ4n) is 5.09. The minimum atomic E-state index is -3.07. The van der Waals surface area contributed by atoms with Gasteiger partial charge in [-0.3, -0.25) is 4.79 Å². The Bertz CT molecular complexity index is 1340. The predicted molar refractivity (Wildman–Crippen MR) is 150 cm³/mol. The van der Waals surface area contributed by atoms with Crippen LogP contribution in [0.25, 0.3) is 0 Å². The van der Waals surface area contributed by atoms with Gasteiger partial charge < -0.3 is 34.4 Å². The number of carbonyl (C=O) groups excluding carboxylic acids is 1. The van der Waals surface area contributed by atoms with Crippen LogP contribution in [0, 0.1) is 0 Å². The van der Waals surface area contributed by atoms with Crippen molar-refractivity contribution >= 4 is 17.5 Å². The zero-order valence-corrected chi connectivity index (χ0v) is 23.1. The van der Waals surface area contributed by atoms with E-state index in [-0.39, 0.29) is 30.6 Å². The number of likely N-dealkylation sites (tertiary alicyclic amines) is 1. The smallest absolute Gasteiger partial charge is 0.379 e. The van der Waals surface area contributed by atoms with E-state index in [1.165, 1.54) is 12.1 Å². The van der Waals surface area contributed by atoms with Gasteiger partial charge in [-0.05, 0) is 85.2 Å². The molecule has 3 aromatic carbocycles. The molecule has 1 amide bonds. The summed E-state index contributed by atoms with van der Waals surface area (Å²) in [6.45, 7) is 4.00. The highest BCUT2D eigenvalue weighted by molar-refractivity contribution is 6.31. The number of hydrogen-bond donors (Lipinski definition) is 3. The van der Waals surface area contributed by atoms with Gasteiger partial charge in [-0.15, -0.1) is 0 Å². The summed E-state index contributed by atoms with van der Waals surface area (Å²) in [7, 11) is 0. The number of hydrogen-bond acceptors (Lipinski definition) is 7. The first-order valence-corrected chi connectivity index (χ1v) is 13.9. The van der Waals surface area contributed by atoms with E-state index < -0.39 is 11.8 Å². The molecule has 0 radical (unpaired) electrons. The normalized spacial score (nSPS) is 21.0. The van der Waals surface area contributed by atoms with Crippen molar-refractivity contribution in [1.29, 1.82) is 0 Å². The lowest BCUT2D eigenvalue weighted by Crippen LogP contribution is -2.62. The number of halogens is 1. The highest BCUT2D eigenvalue weighted by Crippen LogP contribution is 2.41. The van der Waals surface area contributed by atoms with Crippen molar-refractivity contribution in [3.8, 4) is 11.5 Å². The molecule has 2 heterocycles. The lowest BCUT2D eigenvalue weighted by atomic mass is 9.85. The van der Waals surface area contributed by atoms with E-state index in [1.807, 2.05) is 49.4 Å². The molecule has 212 valence electrons. The second-order valence-corrected chi connectivity index (χ2v) is 10.7. The Morgan fingerprint density at radius 1 is 1.10 bits per heavy atom. The van der Waals surface area contributed by atoms with Gasteiger partial charge in [0.25, 0.3) is 11.7 Å². The Morgan fingerprint density at radius 2 is 1.88 bits per heavy atom. The molecule has 2 saturated heterocycles. The Labute approximate surface area is 238 Å². The van der Waals surface area contributed by atoms with Crippen LogP contribution in [0.4, 0.5) is 0 Å². The van der Waals surface area contributed by atoms with Crippen LogP contribution in [0.3, 0.4) is 0 Å². The number of amides is 1. The van der Waals surface area contributed by atoms with E-state index in [0.717, 1.165) is 28.9 Å². The molecule has 2 aliphatic heterocycles. The second-order valence-electron chi connectivity index (χ2n) is 10.3. The van der Waals surface area contributed by atoms with Gasteiger partial charge >= 0.3 is 5.97 Å². The van der Waals surface area contributed by atoms with Crippen LogP contribution in [-0.2, 0) is 11.2 Å². The monoisotopic (exact) mass is 567 g/mol. The molecule has 2 aliphatic rings. The molecule has 40 heavy (non-hydrogen) atoms. The summed E-state index contributed by atoms with van der Waals surface area (Å²) in [5.41, 5.74) is 3.24. The third-order valence-corrected chi connectivity index (χ3v) is 7.86. The van der Waals surface area contributed by atoms with E-state index in [4.69, 9.17) is 25.8 Å². The fourth-order valence-corrected chi connectivity index (χ4v) is 5.27. The highest BCUT2D eigenvalue weighted by Gasteiger charge is 2.56. The van der Waals surface area contributed by atoms with Crippen molar-refractivity contribution < 1.29 is 34.3 Å². The Kier molecular flexibility index (Phi) is 8.35. The zero-order chi connectivity index (χ0) is 28.3. The molecule has 3 aromatic rings. The van der Waals surface area contributed by atoms with Crippen molar-refractivity contribution in [1.82, 2.24) is 4.90 Å². The minimum absolute atomic E-state index is 0.0275.